The van der Waals surface area contributed by atoms with Gasteiger partial charge in [0.15, 0.2) is 5.78 Å². The summed E-state index contributed by atoms with van der Waals surface area (Å²) >= 11 is 0. The van der Waals surface area contributed by atoms with Crippen LogP contribution in [-0.2, 0) is 43.2 Å². The first-order valence-corrected chi connectivity index (χ1v) is 29.8. The zero-order chi connectivity index (χ0) is 76.1. The second-order valence-electron chi connectivity index (χ2n) is 21.9. The SMILES string of the molecule is O=C(O)C(F)(F)F.O=C(O)C(F)(F)F.O=C(O)C(F)(F)F.O=C(O)C(F)(F)F.O=C(O)C(F)(F)F.O=C(O)CN1CCN(CCCCCCCCCCCN2CN(c3ccccc3)C3(CCN(CCCC(=O)c4ccc(F)cc4)CC3)C2=O)CCN(CC(=O)O)CCN(CC(=O)O)CC1. The highest BCUT2D eigenvalue weighted by atomic mass is 19.4. The van der Waals surface area contributed by atoms with Crippen LogP contribution in [0.3, 0.4) is 0 Å². The first-order valence-electron chi connectivity index (χ1n) is 29.8. The fraction of sp³-hybridized carbons (Fsp3) is 0.621. The Balaban J connectivity index is 0.00000222. The number of aliphatic carboxylic acids is 8. The fourth-order valence-corrected chi connectivity index (χ4v) is 9.49. The number of ketones is 1. The lowest BCUT2D eigenvalue weighted by Gasteiger charge is -2.43. The molecular weight excluding hydrogens is 1390 g/mol. The molecule has 564 valence electrons. The molecule has 2 aromatic carbocycles. The standard InChI is InChI=1S/C48H72FN7O8.5C2HF3O2/c49-41-19-17-40(18-20-41)43(57)16-13-24-50-26-21-48(22-27-50)47(64)55(39-56(48)42-14-9-8-10-15-42)25-12-7-5-3-1-2-4-6-11-23-51-28-30-52(36-44(58)59)32-34-54(38-46(62)63)35-33-53(31-29-51)37-45(60)61;5*3-2(4,5)1(6)7/h8-10,14-15,17-20H,1-7,11-13,16,21-39H2,(H,58,59)(H,60,61)(H,62,63);5*(H,6,7). The number of Topliss-reactive ketones (excluding diaryl/α,β-unsaturated/α-hetero) is 1. The van der Waals surface area contributed by atoms with Gasteiger partial charge in [0.05, 0.1) is 26.3 Å². The van der Waals surface area contributed by atoms with Crippen LogP contribution in [-0.4, -0.2) is 278 Å². The Bertz CT molecular complexity index is 2660. The average Bonchev–Trinajstić information content (AvgIpc) is 1.72. The van der Waals surface area contributed by atoms with E-state index in [2.05, 4.69) is 31.7 Å². The van der Waals surface area contributed by atoms with Crippen LogP contribution in [0, 0.1) is 5.82 Å². The van der Waals surface area contributed by atoms with Crippen LogP contribution in [0.2, 0.25) is 0 Å². The lowest BCUT2D eigenvalue weighted by Crippen LogP contribution is -2.56. The van der Waals surface area contributed by atoms with Gasteiger partial charge in [0.25, 0.3) is 0 Å². The number of rotatable bonds is 24. The Morgan fingerprint density at radius 1 is 0.374 bits per heavy atom. The average molecular weight is 1460 g/mol. The van der Waals surface area contributed by atoms with Gasteiger partial charge in [-0.05, 0) is 81.6 Å². The number of benzene rings is 2. The number of anilines is 1. The summed E-state index contributed by atoms with van der Waals surface area (Å²) in [6.07, 6.45) is -12.9. The lowest BCUT2D eigenvalue weighted by molar-refractivity contribution is -0.193. The predicted octanol–water partition coefficient (Wildman–Crippen LogP) is 8.08. The fourth-order valence-electron chi connectivity index (χ4n) is 9.49. The van der Waals surface area contributed by atoms with Crippen LogP contribution < -0.4 is 4.90 Å². The number of para-hydroxylation sites is 1. The summed E-state index contributed by atoms with van der Waals surface area (Å²) < 4.78 is 172. The summed E-state index contributed by atoms with van der Waals surface area (Å²) in [4.78, 5) is 120. The highest BCUT2D eigenvalue weighted by Crippen LogP contribution is 2.40. The number of unbranched alkanes of at least 4 members (excludes halogenated alkanes) is 8. The minimum Gasteiger partial charge on any atom is -0.480 e. The summed E-state index contributed by atoms with van der Waals surface area (Å²) in [6.45, 7) is 8.21. The molecular formula is C58H77F16N7O18. The van der Waals surface area contributed by atoms with Gasteiger partial charge in [0.2, 0.25) is 5.91 Å². The first kappa shape index (κ1) is 90.8. The Morgan fingerprint density at radius 3 is 0.970 bits per heavy atom. The molecule has 8 N–H and O–H groups in total. The van der Waals surface area contributed by atoms with Gasteiger partial charge >= 0.3 is 78.6 Å². The van der Waals surface area contributed by atoms with Gasteiger partial charge in [0.1, 0.15) is 11.4 Å². The third-order valence-corrected chi connectivity index (χ3v) is 14.4. The molecule has 3 aliphatic rings. The van der Waals surface area contributed by atoms with Crippen LogP contribution in [0.4, 0.5) is 75.9 Å². The first-order chi connectivity index (χ1) is 45.6. The van der Waals surface area contributed by atoms with Gasteiger partial charge in [-0.25, -0.2) is 28.4 Å². The summed E-state index contributed by atoms with van der Waals surface area (Å²) in [5, 5.41) is 64.0. The zero-order valence-electron chi connectivity index (χ0n) is 52.7. The normalized spacial score (nSPS) is 16.2. The van der Waals surface area contributed by atoms with E-state index in [1.807, 2.05) is 28.0 Å². The van der Waals surface area contributed by atoms with Crippen molar-refractivity contribution in [3.63, 3.8) is 0 Å². The molecule has 0 aliphatic carbocycles. The van der Waals surface area contributed by atoms with Crippen molar-refractivity contribution >= 4 is 65.1 Å². The Morgan fingerprint density at radius 2 is 0.657 bits per heavy atom. The Labute approximate surface area is 554 Å². The summed E-state index contributed by atoms with van der Waals surface area (Å²) in [5.74, 6) is -16.7. The van der Waals surface area contributed by atoms with Crippen molar-refractivity contribution in [2.45, 2.75) is 120 Å². The minimum atomic E-state index is -5.08. The zero-order valence-corrected chi connectivity index (χ0v) is 52.7. The van der Waals surface area contributed by atoms with Crippen molar-refractivity contribution in [3.8, 4) is 0 Å². The second-order valence-corrected chi connectivity index (χ2v) is 21.9. The molecule has 0 unspecified atom stereocenters. The van der Waals surface area contributed by atoms with Gasteiger partial charge in [-0.1, -0.05) is 63.1 Å². The monoisotopic (exact) mass is 1460 g/mol. The second kappa shape index (κ2) is 44.1. The van der Waals surface area contributed by atoms with E-state index in [1.165, 1.54) is 18.6 Å². The van der Waals surface area contributed by atoms with Gasteiger partial charge in [-0.15, -0.1) is 0 Å². The smallest absolute Gasteiger partial charge is 0.480 e. The number of carbonyl (C=O) groups is 10. The molecule has 0 saturated carbocycles. The van der Waals surface area contributed by atoms with E-state index in [4.69, 9.17) is 49.5 Å². The molecule has 0 aromatic heterocycles. The summed E-state index contributed by atoms with van der Waals surface area (Å²) in [7, 11) is 0. The minimum absolute atomic E-state index is 0.0243. The van der Waals surface area contributed by atoms with E-state index < -0.39 is 84.2 Å². The molecule has 5 rings (SSSR count). The van der Waals surface area contributed by atoms with Gasteiger partial charge in [0, 0.05) is 89.7 Å². The van der Waals surface area contributed by atoms with Crippen LogP contribution in [0.1, 0.15) is 93.8 Å². The third-order valence-electron chi connectivity index (χ3n) is 14.4. The molecule has 0 atom stereocenters. The highest BCUT2D eigenvalue weighted by Gasteiger charge is 2.53. The van der Waals surface area contributed by atoms with Crippen molar-refractivity contribution in [2.24, 2.45) is 0 Å². The van der Waals surface area contributed by atoms with E-state index >= 15 is 0 Å². The Kier molecular flexibility index (Phi) is 40.4. The summed E-state index contributed by atoms with van der Waals surface area (Å²) in [6, 6.07) is 16.0. The lowest BCUT2D eigenvalue weighted by atomic mass is 9.85. The molecule has 0 radical (unpaired) electrons. The van der Waals surface area contributed by atoms with Crippen molar-refractivity contribution in [3.05, 3.63) is 66.0 Å². The van der Waals surface area contributed by atoms with Crippen LogP contribution in [0.5, 0.6) is 0 Å². The maximum absolute atomic E-state index is 14.2. The number of halogens is 16. The number of amides is 1. The molecule has 3 saturated heterocycles. The quantitative estimate of drug-likeness (QED) is 0.0279. The number of hydrogen-bond donors (Lipinski definition) is 8. The van der Waals surface area contributed by atoms with Crippen molar-refractivity contribution in [2.75, 3.05) is 116 Å². The number of carboxylic acids is 8. The Hall–Kier alpha value is -8.18. The van der Waals surface area contributed by atoms with E-state index in [0.717, 1.165) is 109 Å². The van der Waals surface area contributed by atoms with E-state index in [1.54, 1.807) is 17.0 Å². The van der Waals surface area contributed by atoms with Gasteiger partial charge in [-0.2, -0.15) is 65.9 Å². The molecule has 41 heteroatoms. The predicted molar refractivity (Wildman–Crippen MR) is 313 cm³/mol. The molecule has 99 heavy (non-hydrogen) atoms. The number of nitrogens with zero attached hydrogens (tertiary/aromatic N) is 7. The molecule has 0 bridgehead atoms. The molecule has 3 aliphatic heterocycles. The van der Waals surface area contributed by atoms with Crippen LogP contribution in [0.25, 0.3) is 0 Å². The molecule has 3 fully saturated rings. The van der Waals surface area contributed by atoms with Crippen molar-refractivity contribution in [1.29, 1.82) is 0 Å². The van der Waals surface area contributed by atoms with E-state index in [-0.39, 0.29) is 37.1 Å². The molecule has 25 nitrogen and oxygen atoms in total. The van der Waals surface area contributed by atoms with E-state index in [0.29, 0.717) is 71.0 Å². The molecule has 3 heterocycles. The van der Waals surface area contributed by atoms with Gasteiger partial charge < -0.3 is 60.5 Å². The number of likely N-dealkylation sites (tertiary alicyclic amines) is 1. The van der Waals surface area contributed by atoms with Crippen molar-refractivity contribution < 1.29 is 159 Å². The number of piperidine rings is 1. The highest BCUT2D eigenvalue weighted by molar-refractivity contribution is 5.96. The van der Waals surface area contributed by atoms with Crippen LogP contribution >= 0.6 is 0 Å². The molecule has 2 aromatic rings. The molecule has 1 spiro atoms. The number of carboxylic acid groups (broad SMARTS) is 8. The number of hydrogen-bond acceptors (Lipinski definition) is 16. The number of alkyl halides is 15. The van der Waals surface area contributed by atoms with Gasteiger partial charge in [-0.3, -0.25) is 38.7 Å². The van der Waals surface area contributed by atoms with E-state index in [9.17, 15) is 110 Å². The molecule has 1 amide bonds. The largest absolute Gasteiger partial charge is 0.490 e. The van der Waals surface area contributed by atoms with Crippen molar-refractivity contribution in [1.82, 2.24) is 29.4 Å². The summed E-state index contributed by atoms with van der Waals surface area (Å²) in [5.41, 5.74) is 1.06. The van der Waals surface area contributed by atoms with Crippen LogP contribution in [0.15, 0.2) is 54.6 Å². The maximum atomic E-state index is 14.2. The maximum Gasteiger partial charge on any atom is 0.490 e. The number of carbonyl (C=O) groups excluding carboxylic acids is 2. The topological polar surface area (TPSA) is 355 Å². The third kappa shape index (κ3) is 39.9.